The number of rotatable bonds is 8. The lowest BCUT2D eigenvalue weighted by molar-refractivity contribution is -0.118. The standard InChI is InChI=1S/C19H23N3O5S/c1-21(2)17-10-9-15(28(25,26)22(3)4)11-16(17)20-19(24)13-27-18-8-6-5-7-14(18)12-23/h5-12H,13H2,1-4H3,(H,20,24). The van der Waals surface area contributed by atoms with E-state index in [0.717, 1.165) is 4.31 Å². The topological polar surface area (TPSA) is 96.0 Å². The molecule has 1 amide bonds. The lowest BCUT2D eigenvalue weighted by atomic mass is 10.2. The van der Waals surface area contributed by atoms with Crippen LogP contribution in [-0.4, -0.2) is 59.7 Å². The number of nitrogens with one attached hydrogen (secondary N) is 1. The van der Waals surface area contributed by atoms with Crippen LogP contribution in [-0.2, 0) is 14.8 Å². The smallest absolute Gasteiger partial charge is 0.262 e. The minimum atomic E-state index is -3.65. The molecule has 0 radical (unpaired) electrons. The molecule has 0 saturated carbocycles. The second-order valence-corrected chi connectivity index (χ2v) is 8.51. The van der Waals surface area contributed by atoms with Crippen LogP contribution in [0.5, 0.6) is 5.75 Å². The van der Waals surface area contributed by atoms with Gasteiger partial charge < -0.3 is 15.0 Å². The van der Waals surface area contributed by atoms with Crippen LogP contribution in [0.2, 0.25) is 0 Å². The Balaban J connectivity index is 2.23. The zero-order chi connectivity index (χ0) is 20.9. The van der Waals surface area contributed by atoms with Crippen molar-refractivity contribution in [1.82, 2.24) is 4.31 Å². The fourth-order valence-electron chi connectivity index (χ4n) is 2.42. The molecule has 0 heterocycles. The number of amides is 1. The van der Waals surface area contributed by atoms with E-state index in [0.29, 0.717) is 29.0 Å². The summed E-state index contributed by atoms with van der Waals surface area (Å²) in [4.78, 5) is 25.2. The number of anilines is 2. The molecule has 150 valence electrons. The lowest BCUT2D eigenvalue weighted by Gasteiger charge is -2.20. The molecule has 2 aromatic rings. The summed E-state index contributed by atoms with van der Waals surface area (Å²) in [5, 5.41) is 2.67. The minimum absolute atomic E-state index is 0.0608. The zero-order valence-electron chi connectivity index (χ0n) is 16.2. The average Bonchev–Trinajstić information content (AvgIpc) is 2.66. The molecule has 0 aromatic heterocycles. The highest BCUT2D eigenvalue weighted by Gasteiger charge is 2.20. The van der Waals surface area contributed by atoms with E-state index in [1.165, 1.54) is 26.2 Å². The van der Waals surface area contributed by atoms with E-state index in [2.05, 4.69) is 5.32 Å². The average molecular weight is 405 g/mol. The summed E-state index contributed by atoms with van der Waals surface area (Å²) in [6.07, 6.45) is 0.646. The molecule has 1 N–H and O–H groups in total. The van der Waals surface area contributed by atoms with E-state index in [1.54, 1.807) is 49.3 Å². The maximum absolute atomic E-state index is 12.4. The quantitative estimate of drug-likeness (QED) is 0.673. The van der Waals surface area contributed by atoms with Gasteiger partial charge in [0.05, 0.1) is 21.8 Å². The SMILES string of the molecule is CN(C)c1ccc(S(=O)(=O)N(C)C)cc1NC(=O)COc1ccccc1C=O. The highest BCUT2D eigenvalue weighted by atomic mass is 32.2. The van der Waals surface area contributed by atoms with Gasteiger partial charge in [-0.2, -0.15) is 0 Å². The van der Waals surface area contributed by atoms with Gasteiger partial charge in [-0.1, -0.05) is 12.1 Å². The fraction of sp³-hybridized carbons (Fsp3) is 0.263. The molecule has 0 saturated heterocycles. The summed E-state index contributed by atoms with van der Waals surface area (Å²) >= 11 is 0. The number of hydrogen-bond acceptors (Lipinski definition) is 6. The van der Waals surface area contributed by atoms with E-state index >= 15 is 0 Å². The third-order valence-electron chi connectivity index (χ3n) is 3.91. The first kappa shape index (κ1) is 21.4. The van der Waals surface area contributed by atoms with Gasteiger partial charge in [0.25, 0.3) is 5.91 Å². The van der Waals surface area contributed by atoms with Crippen LogP contribution in [0.1, 0.15) is 10.4 Å². The van der Waals surface area contributed by atoms with Gasteiger partial charge in [-0.3, -0.25) is 9.59 Å². The Bertz CT molecular complexity index is 971. The molecule has 0 atom stereocenters. The number of benzene rings is 2. The first-order valence-electron chi connectivity index (χ1n) is 8.37. The van der Waals surface area contributed by atoms with Gasteiger partial charge in [0.15, 0.2) is 12.9 Å². The van der Waals surface area contributed by atoms with E-state index < -0.39 is 15.9 Å². The molecule has 9 heteroatoms. The molecule has 2 rings (SSSR count). The molecule has 28 heavy (non-hydrogen) atoms. The van der Waals surface area contributed by atoms with Gasteiger partial charge >= 0.3 is 0 Å². The third kappa shape index (κ3) is 4.87. The summed E-state index contributed by atoms with van der Waals surface area (Å²) in [5.74, 6) is -0.187. The Morgan fingerprint density at radius 3 is 2.39 bits per heavy atom. The van der Waals surface area contributed by atoms with Gasteiger partial charge in [0, 0.05) is 28.2 Å². The molecule has 0 aliphatic rings. The van der Waals surface area contributed by atoms with Crippen LogP contribution in [0.4, 0.5) is 11.4 Å². The molecule has 0 unspecified atom stereocenters. The van der Waals surface area contributed by atoms with Crippen molar-refractivity contribution in [2.75, 3.05) is 45.0 Å². The van der Waals surface area contributed by atoms with E-state index in [-0.39, 0.29) is 11.5 Å². The maximum Gasteiger partial charge on any atom is 0.262 e. The number of sulfonamides is 1. The van der Waals surface area contributed by atoms with Crippen LogP contribution < -0.4 is 15.0 Å². The molecule has 2 aromatic carbocycles. The number of para-hydroxylation sites is 1. The minimum Gasteiger partial charge on any atom is -0.483 e. The third-order valence-corrected chi connectivity index (χ3v) is 5.72. The Morgan fingerprint density at radius 2 is 1.79 bits per heavy atom. The predicted molar refractivity (Wildman–Crippen MR) is 108 cm³/mol. The lowest BCUT2D eigenvalue weighted by Crippen LogP contribution is -2.24. The van der Waals surface area contributed by atoms with Crippen molar-refractivity contribution in [3.8, 4) is 5.75 Å². The normalized spacial score (nSPS) is 11.2. The number of aldehydes is 1. The van der Waals surface area contributed by atoms with Crippen molar-refractivity contribution in [2.45, 2.75) is 4.90 Å². The van der Waals surface area contributed by atoms with Crippen molar-refractivity contribution in [1.29, 1.82) is 0 Å². The summed E-state index contributed by atoms with van der Waals surface area (Å²) < 4.78 is 31.3. The Kier molecular flexibility index (Phi) is 6.76. The molecular formula is C19H23N3O5S. The summed E-state index contributed by atoms with van der Waals surface area (Å²) in [6, 6.07) is 11.1. The van der Waals surface area contributed by atoms with Gasteiger partial charge in [-0.15, -0.1) is 0 Å². The van der Waals surface area contributed by atoms with Crippen molar-refractivity contribution >= 4 is 33.6 Å². The Hall–Kier alpha value is -2.91. The van der Waals surface area contributed by atoms with Crippen LogP contribution in [0, 0.1) is 0 Å². The number of nitrogens with zero attached hydrogens (tertiary/aromatic N) is 2. The van der Waals surface area contributed by atoms with Gasteiger partial charge in [0.2, 0.25) is 10.0 Å². The number of carbonyl (C=O) groups is 2. The van der Waals surface area contributed by atoms with Crippen molar-refractivity contribution < 1.29 is 22.7 Å². The van der Waals surface area contributed by atoms with Crippen LogP contribution in [0.25, 0.3) is 0 Å². The highest BCUT2D eigenvalue weighted by molar-refractivity contribution is 7.89. The van der Waals surface area contributed by atoms with Gasteiger partial charge in [-0.25, -0.2) is 12.7 Å². The van der Waals surface area contributed by atoms with Crippen molar-refractivity contribution in [2.24, 2.45) is 0 Å². The Labute approximate surface area is 164 Å². The zero-order valence-corrected chi connectivity index (χ0v) is 17.0. The monoisotopic (exact) mass is 405 g/mol. The molecule has 0 aliphatic carbocycles. The first-order valence-corrected chi connectivity index (χ1v) is 9.81. The fourth-order valence-corrected chi connectivity index (χ4v) is 3.34. The van der Waals surface area contributed by atoms with E-state index in [9.17, 15) is 18.0 Å². The Morgan fingerprint density at radius 1 is 1.11 bits per heavy atom. The van der Waals surface area contributed by atoms with Crippen molar-refractivity contribution in [3.05, 3.63) is 48.0 Å². The van der Waals surface area contributed by atoms with Gasteiger partial charge in [0.1, 0.15) is 5.75 Å². The number of hydrogen-bond donors (Lipinski definition) is 1. The van der Waals surface area contributed by atoms with Crippen LogP contribution in [0.3, 0.4) is 0 Å². The summed E-state index contributed by atoms with van der Waals surface area (Å²) in [6.45, 7) is -0.331. The summed E-state index contributed by atoms with van der Waals surface area (Å²) in [5.41, 5.74) is 1.31. The molecular weight excluding hydrogens is 382 g/mol. The second kappa shape index (κ2) is 8.85. The van der Waals surface area contributed by atoms with E-state index in [1.807, 2.05) is 0 Å². The molecule has 0 bridgehead atoms. The number of carbonyl (C=O) groups excluding carboxylic acids is 2. The highest BCUT2D eigenvalue weighted by Crippen LogP contribution is 2.28. The van der Waals surface area contributed by atoms with Crippen LogP contribution >= 0.6 is 0 Å². The molecule has 0 fully saturated rings. The second-order valence-electron chi connectivity index (χ2n) is 6.35. The maximum atomic E-state index is 12.4. The van der Waals surface area contributed by atoms with Crippen molar-refractivity contribution in [3.63, 3.8) is 0 Å². The molecule has 0 aliphatic heterocycles. The van der Waals surface area contributed by atoms with E-state index in [4.69, 9.17) is 4.74 Å². The first-order chi connectivity index (χ1) is 13.2. The predicted octanol–water partition coefficient (Wildman–Crippen LogP) is 1.83. The molecule has 8 nitrogen and oxygen atoms in total. The summed E-state index contributed by atoms with van der Waals surface area (Å²) in [7, 11) is 2.78. The molecule has 0 spiro atoms. The largest absolute Gasteiger partial charge is 0.483 e. The van der Waals surface area contributed by atoms with Gasteiger partial charge in [-0.05, 0) is 30.3 Å². The van der Waals surface area contributed by atoms with Crippen LogP contribution in [0.15, 0.2) is 47.4 Å². The number of ether oxygens (including phenoxy) is 1.